The van der Waals surface area contributed by atoms with Crippen molar-refractivity contribution < 1.29 is 4.79 Å². The van der Waals surface area contributed by atoms with E-state index in [1.54, 1.807) is 0 Å². The van der Waals surface area contributed by atoms with Gasteiger partial charge in [0.1, 0.15) is 0 Å². The molecule has 0 N–H and O–H groups in total. The molecule has 0 aliphatic heterocycles. The van der Waals surface area contributed by atoms with Gasteiger partial charge in [-0.05, 0) is 40.7 Å². The summed E-state index contributed by atoms with van der Waals surface area (Å²) in [6, 6.07) is 10.5. The van der Waals surface area contributed by atoms with Crippen LogP contribution in [0.2, 0.25) is 0 Å². The van der Waals surface area contributed by atoms with Crippen LogP contribution < -0.4 is 0 Å². The highest BCUT2D eigenvalue weighted by Crippen LogP contribution is 2.25. The maximum Gasteiger partial charge on any atom is 0.296 e. The van der Waals surface area contributed by atoms with Crippen LogP contribution in [0.25, 0.3) is 5.53 Å². The Bertz CT molecular complexity index is 554. The highest BCUT2D eigenvalue weighted by atomic mass is 127. The van der Waals surface area contributed by atoms with Crippen molar-refractivity contribution >= 4 is 28.3 Å². The first-order chi connectivity index (χ1) is 9.20. The predicted molar refractivity (Wildman–Crippen MR) is 86.2 cm³/mol. The van der Waals surface area contributed by atoms with Crippen LogP contribution in [-0.4, -0.2) is 29.0 Å². The number of hydrogen-bond acceptors (Lipinski definition) is 1. The fourth-order valence-electron chi connectivity index (χ4n) is 2.05. The standard InChI is InChI=1S/C15H16IN3/c1-19(10-9-12-5-3-2-4-6-12)15-8-7-13(18-17)11-14(15)16/h2-6,8,11H,7,9-10H2,1H3. The molecule has 4 heteroatoms. The number of nitrogens with zero attached hydrogens (tertiary/aromatic N) is 3. The molecule has 2 rings (SSSR count). The molecule has 3 nitrogen and oxygen atoms in total. The molecule has 1 aromatic carbocycles. The van der Waals surface area contributed by atoms with Crippen LogP contribution in [0.15, 0.2) is 51.8 Å². The molecule has 19 heavy (non-hydrogen) atoms. The van der Waals surface area contributed by atoms with Gasteiger partial charge in [0.05, 0.1) is 6.42 Å². The Morgan fingerprint density at radius 1 is 1.32 bits per heavy atom. The zero-order chi connectivity index (χ0) is 13.7. The molecule has 0 bridgehead atoms. The molecule has 1 aliphatic rings. The maximum atomic E-state index is 8.78. The lowest BCUT2D eigenvalue weighted by atomic mass is 10.1. The van der Waals surface area contributed by atoms with Crippen LogP contribution in [0, 0.1) is 0 Å². The lowest BCUT2D eigenvalue weighted by molar-refractivity contribution is -0.00547. The summed E-state index contributed by atoms with van der Waals surface area (Å²) in [5.41, 5.74) is 12.1. The Morgan fingerprint density at radius 2 is 2.05 bits per heavy atom. The molecule has 0 spiro atoms. The zero-order valence-electron chi connectivity index (χ0n) is 10.9. The molecule has 0 fully saturated rings. The van der Waals surface area contributed by atoms with Gasteiger partial charge in [0, 0.05) is 28.9 Å². The third-order valence-electron chi connectivity index (χ3n) is 3.16. The fraction of sp³-hybridized carbons (Fsp3) is 0.267. The minimum atomic E-state index is 0.689. The van der Waals surface area contributed by atoms with Crippen molar-refractivity contribution in [1.82, 2.24) is 4.90 Å². The summed E-state index contributed by atoms with van der Waals surface area (Å²) < 4.78 is 1.12. The summed E-state index contributed by atoms with van der Waals surface area (Å²) in [6.45, 7) is 0.974. The normalized spacial score (nSPS) is 14.5. The molecule has 1 aliphatic carbocycles. The smallest absolute Gasteiger partial charge is 0.296 e. The van der Waals surface area contributed by atoms with Gasteiger partial charge in [-0.2, -0.15) is 4.79 Å². The lowest BCUT2D eigenvalue weighted by Gasteiger charge is -2.23. The molecule has 0 atom stereocenters. The summed E-state index contributed by atoms with van der Waals surface area (Å²) >= 11 is 2.29. The van der Waals surface area contributed by atoms with Crippen LogP contribution in [-0.2, 0) is 6.42 Å². The Morgan fingerprint density at radius 3 is 2.68 bits per heavy atom. The third kappa shape index (κ3) is 3.78. The maximum absolute atomic E-state index is 8.78. The van der Waals surface area contributed by atoms with Crippen LogP contribution in [0.3, 0.4) is 0 Å². The van der Waals surface area contributed by atoms with Crippen LogP contribution in [0.1, 0.15) is 12.0 Å². The van der Waals surface area contributed by atoms with Gasteiger partial charge in [0.15, 0.2) is 0 Å². The number of allylic oxidation sites excluding steroid dienone is 3. The van der Waals surface area contributed by atoms with E-state index in [1.165, 1.54) is 11.3 Å². The SMILES string of the molecule is CN(CCc1ccccc1)C1=CCC(=[N+]=[N-])C=C1I. The Hall–Kier alpha value is -1.39. The van der Waals surface area contributed by atoms with E-state index < -0.39 is 0 Å². The minimum Gasteiger partial charge on any atom is -0.374 e. The van der Waals surface area contributed by atoms with Crippen molar-refractivity contribution in [3.8, 4) is 0 Å². The molecule has 98 valence electrons. The number of likely N-dealkylation sites (N-methyl/N-ethyl adjacent to an activating group) is 1. The van der Waals surface area contributed by atoms with Gasteiger partial charge in [0.2, 0.25) is 0 Å². The van der Waals surface area contributed by atoms with E-state index in [1.807, 2.05) is 12.1 Å². The first-order valence-electron chi connectivity index (χ1n) is 6.24. The Labute approximate surface area is 127 Å². The second kappa shape index (κ2) is 6.68. The van der Waals surface area contributed by atoms with E-state index in [-0.39, 0.29) is 0 Å². The predicted octanol–water partition coefficient (Wildman–Crippen LogP) is 3.44. The van der Waals surface area contributed by atoms with E-state index in [2.05, 4.69) is 69.7 Å². The van der Waals surface area contributed by atoms with Crippen molar-refractivity contribution in [2.45, 2.75) is 12.8 Å². The van der Waals surface area contributed by atoms with Crippen molar-refractivity contribution in [2.24, 2.45) is 0 Å². The van der Waals surface area contributed by atoms with Crippen LogP contribution in [0.5, 0.6) is 0 Å². The number of halogens is 1. The van der Waals surface area contributed by atoms with Gasteiger partial charge >= 0.3 is 0 Å². The Kier molecular flexibility index (Phi) is 4.93. The molecular weight excluding hydrogens is 349 g/mol. The number of rotatable bonds is 4. The zero-order valence-corrected chi connectivity index (χ0v) is 13.0. The van der Waals surface area contributed by atoms with Crippen molar-refractivity contribution in [3.63, 3.8) is 0 Å². The second-order valence-electron chi connectivity index (χ2n) is 4.53. The van der Waals surface area contributed by atoms with E-state index >= 15 is 0 Å². The van der Waals surface area contributed by atoms with Gasteiger partial charge in [0.25, 0.3) is 5.71 Å². The first kappa shape index (κ1) is 14.0. The summed E-state index contributed by atoms with van der Waals surface area (Å²) in [5, 5.41) is 0. The largest absolute Gasteiger partial charge is 0.374 e. The summed E-state index contributed by atoms with van der Waals surface area (Å²) in [5.74, 6) is 0. The summed E-state index contributed by atoms with van der Waals surface area (Å²) in [6.07, 6.45) is 5.75. The average molecular weight is 365 g/mol. The fourth-order valence-corrected chi connectivity index (χ4v) is 3.04. The quantitative estimate of drug-likeness (QED) is 0.458. The molecular formula is C15H16IN3. The minimum absolute atomic E-state index is 0.689. The van der Waals surface area contributed by atoms with E-state index in [0.29, 0.717) is 12.1 Å². The monoisotopic (exact) mass is 365 g/mol. The van der Waals surface area contributed by atoms with E-state index in [4.69, 9.17) is 5.53 Å². The summed E-state index contributed by atoms with van der Waals surface area (Å²) in [4.78, 5) is 5.51. The highest BCUT2D eigenvalue weighted by molar-refractivity contribution is 14.1. The topological polar surface area (TPSA) is 39.6 Å². The summed E-state index contributed by atoms with van der Waals surface area (Å²) in [7, 11) is 2.10. The first-order valence-corrected chi connectivity index (χ1v) is 7.32. The molecule has 0 radical (unpaired) electrons. The van der Waals surface area contributed by atoms with Crippen LogP contribution in [0.4, 0.5) is 0 Å². The molecule has 0 saturated heterocycles. The van der Waals surface area contributed by atoms with Gasteiger partial charge < -0.3 is 10.4 Å². The van der Waals surface area contributed by atoms with Crippen LogP contribution >= 0.6 is 22.6 Å². The van der Waals surface area contributed by atoms with E-state index in [9.17, 15) is 0 Å². The molecule has 0 heterocycles. The highest BCUT2D eigenvalue weighted by Gasteiger charge is 2.17. The van der Waals surface area contributed by atoms with Gasteiger partial charge in [-0.25, -0.2) is 0 Å². The third-order valence-corrected chi connectivity index (χ3v) is 4.03. The Balaban J connectivity index is 1.98. The van der Waals surface area contributed by atoms with Gasteiger partial charge in [-0.1, -0.05) is 30.3 Å². The van der Waals surface area contributed by atoms with Crippen molar-refractivity contribution in [3.05, 3.63) is 62.9 Å². The molecule has 0 amide bonds. The van der Waals surface area contributed by atoms with E-state index in [0.717, 1.165) is 16.5 Å². The van der Waals surface area contributed by atoms with Crippen molar-refractivity contribution in [2.75, 3.05) is 13.6 Å². The molecule has 1 aromatic rings. The molecule has 0 aromatic heterocycles. The van der Waals surface area contributed by atoms with Gasteiger partial charge in [-0.15, -0.1) is 0 Å². The second-order valence-corrected chi connectivity index (χ2v) is 5.70. The number of benzene rings is 1. The average Bonchev–Trinajstić information content (AvgIpc) is 2.45. The van der Waals surface area contributed by atoms with Crippen molar-refractivity contribution in [1.29, 1.82) is 0 Å². The van der Waals surface area contributed by atoms with Gasteiger partial charge in [-0.3, -0.25) is 0 Å². The lowest BCUT2D eigenvalue weighted by Crippen LogP contribution is -2.22. The molecule has 0 saturated carbocycles. The number of hydrogen-bond donors (Lipinski definition) is 0. The molecule has 0 unspecified atom stereocenters.